The summed E-state index contributed by atoms with van der Waals surface area (Å²) in [7, 11) is 1.46. The average molecular weight is 421 g/mol. The van der Waals surface area contributed by atoms with Gasteiger partial charge in [0.25, 0.3) is 5.56 Å². The second-order valence-electron chi connectivity index (χ2n) is 6.59. The number of para-hydroxylation sites is 3. The SMILES string of the molecule is CCO.COc1ccccc1-n1c(O)c(/C=C2/C(C)=Nc3ccccc32)c(=O)[nH]c1=O. The van der Waals surface area contributed by atoms with E-state index in [-0.39, 0.29) is 12.2 Å². The topological polar surface area (TPSA) is 117 Å². The molecule has 2 heterocycles. The number of methoxy groups -OCH3 is 1. The highest BCUT2D eigenvalue weighted by atomic mass is 16.5. The number of aromatic nitrogens is 2. The van der Waals surface area contributed by atoms with Gasteiger partial charge >= 0.3 is 5.69 Å². The number of aliphatic imine (C=N–C) groups is 1. The van der Waals surface area contributed by atoms with E-state index in [1.165, 1.54) is 7.11 Å². The molecule has 8 heteroatoms. The van der Waals surface area contributed by atoms with Crippen molar-refractivity contribution in [3.63, 3.8) is 0 Å². The minimum Gasteiger partial charge on any atom is -0.495 e. The molecule has 0 amide bonds. The van der Waals surface area contributed by atoms with Crippen molar-refractivity contribution in [1.82, 2.24) is 9.55 Å². The van der Waals surface area contributed by atoms with Gasteiger partial charge in [0.15, 0.2) is 0 Å². The summed E-state index contributed by atoms with van der Waals surface area (Å²) in [4.78, 5) is 31.6. The number of benzene rings is 2. The van der Waals surface area contributed by atoms with Crippen molar-refractivity contribution in [3.05, 3.63) is 80.5 Å². The fraction of sp³-hybridized carbons (Fsp3) is 0.174. The zero-order chi connectivity index (χ0) is 22.5. The molecular formula is C23H23N3O5. The molecule has 31 heavy (non-hydrogen) atoms. The van der Waals surface area contributed by atoms with Crippen molar-refractivity contribution in [2.75, 3.05) is 13.7 Å². The molecule has 0 unspecified atom stereocenters. The molecule has 1 aliphatic heterocycles. The molecule has 8 nitrogen and oxygen atoms in total. The maximum absolute atomic E-state index is 12.5. The first-order valence-corrected chi connectivity index (χ1v) is 9.62. The molecule has 0 aliphatic carbocycles. The number of H-pyrrole nitrogens is 1. The summed E-state index contributed by atoms with van der Waals surface area (Å²) in [6.07, 6.45) is 1.55. The van der Waals surface area contributed by atoms with Crippen LogP contribution >= 0.6 is 0 Å². The summed E-state index contributed by atoms with van der Waals surface area (Å²) in [6.45, 7) is 3.76. The second kappa shape index (κ2) is 9.27. The molecule has 160 valence electrons. The van der Waals surface area contributed by atoms with Gasteiger partial charge in [-0.05, 0) is 38.1 Å². The lowest BCUT2D eigenvalue weighted by Gasteiger charge is -2.13. The van der Waals surface area contributed by atoms with Crippen molar-refractivity contribution in [3.8, 4) is 17.3 Å². The number of aliphatic hydroxyl groups is 1. The van der Waals surface area contributed by atoms with Crippen LogP contribution in [-0.4, -0.2) is 39.2 Å². The summed E-state index contributed by atoms with van der Waals surface area (Å²) >= 11 is 0. The Hall–Kier alpha value is -3.91. The lowest BCUT2D eigenvalue weighted by Crippen LogP contribution is -2.30. The fourth-order valence-electron chi connectivity index (χ4n) is 3.27. The van der Waals surface area contributed by atoms with Gasteiger partial charge in [0.1, 0.15) is 11.3 Å². The Balaban J connectivity index is 0.000000858. The van der Waals surface area contributed by atoms with E-state index in [9.17, 15) is 14.7 Å². The van der Waals surface area contributed by atoms with Gasteiger partial charge in [-0.25, -0.2) is 9.36 Å². The monoisotopic (exact) mass is 421 g/mol. The number of allylic oxidation sites excluding steroid dienone is 1. The smallest absolute Gasteiger partial charge is 0.335 e. The number of fused-ring (bicyclic) bond motifs is 1. The van der Waals surface area contributed by atoms with E-state index >= 15 is 0 Å². The molecule has 0 saturated heterocycles. The van der Waals surface area contributed by atoms with Crippen molar-refractivity contribution in [2.45, 2.75) is 13.8 Å². The Morgan fingerprint density at radius 2 is 1.77 bits per heavy atom. The van der Waals surface area contributed by atoms with Gasteiger partial charge in [-0.3, -0.25) is 14.8 Å². The number of nitrogens with one attached hydrogen (secondary N) is 1. The zero-order valence-electron chi connectivity index (χ0n) is 17.4. The lowest BCUT2D eigenvalue weighted by molar-refractivity contribution is 0.318. The Labute approximate surface area is 178 Å². The number of hydrogen-bond donors (Lipinski definition) is 3. The predicted molar refractivity (Wildman–Crippen MR) is 121 cm³/mol. The molecule has 3 aromatic rings. The van der Waals surface area contributed by atoms with Crippen LogP contribution in [0.5, 0.6) is 11.6 Å². The second-order valence-corrected chi connectivity index (χ2v) is 6.59. The number of ether oxygens (including phenoxy) is 1. The van der Waals surface area contributed by atoms with Crippen LogP contribution in [0.2, 0.25) is 0 Å². The third kappa shape index (κ3) is 4.19. The molecule has 1 aromatic heterocycles. The van der Waals surface area contributed by atoms with Crippen LogP contribution in [0.1, 0.15) is 25.0 Å². The highest BCUT2D eigenvalue weighted by Gasteiger charge is 2.21. The summed E-state index contributed by atoms with van der Waals surface area (Å²) in [5.41, 5.74) is 1.92. The number of aromatic amines is 1. The standard InChI is InChI=1S/C21H17N3O4.C2H6O/c1-12-14(13-7-3-4-8-16(13)22-12)11-15-19(25)23-21(27)24(20(15)26)17-9-5-6-10-18(17)28-2;1-2-3/h3-11,26H,1-2H3,(H,23,25,27);3H,2H2,1H3/b14-11-;. The molecule has 3 N–H and O–H groups in total. The third-order valence-electron chi connectivity index (χ3n) is 4.61. The van der Waals surface area contributed by atoms with E-state index in [1.807, 2.05) is 31.2 Å². The van der Waals surface area contributed by atoms with Gasteiger partial charge in [0.2, 0.25) is 5.88 Å². The first-order chi connectivity index (χ1) is 14.9. The summed E-state index contributed by atoms with van der Waals surface area (Å²) in [5, 5.41) is 18.4. The summed E-state index contributed by atoms with van der Waals surface area (Å²) in [5.74, 6) is -0.0857. The van der Waals surface area contributed by atoms with Gasteiger partial charge in [0.05, 0.1) is 18.5 Å². The van der Waals surface area contributed by atoms with Crippen LogP contribution in [0.25, 0.3) is 17.3 Å². The van der Waals surface area contributed by atoms with E-state index in [0.29, 0.717) is 17.0 Å². The molecule has 4 rings (SSSR count). The zero-order valence-corrected chi connectivity index (χ0v) is 17.4. The van der Waals surface area contributed by atoms with Crippen molar-refractivity contribution in [1.29, 1.82) is 0 Å². The number of aromatic hydroxyl groups is 1. The first kappa shape index (κ1) is 21.8. The van der Waals surface area contributed by atoms with Crippen LogP contribution in [0, 0.1) is 0 Å². The normalized spacial score (nSPS) is 13.3. The summed E-state index contributed by atoms with van der Waals surface area (Å²) in [6, 6.07) is 14.3. The van der Waals surface area contributed by atoms with Crippen LogP contribution in [-0.2, 0) is 0 Å². The maximum Gasteiger partial charge on any atom is 0.335 e. The Bertz CT molecular complexity index is 1280. The molecule has 0 fully saturated rings. The maximum atomic E-state index is 12.5. The van der Waals surface area contributed by atoms with Gasteiger partial charge in [-0.1, -0.05) is 30.3 Å². The Morgan fingerprint density at radius 3 is 2.48 bits per heavy atom. The number of hydrogen-bond acceptors (Lipinski definition) is 6. The van der Waals surface area contributed by atoms with E-state index < -0.39 is 17.1 Å². The molecule has 2 aromatic carbocycles. The van der Waals surface area contributed by atoms with Gasteiger partial charge < -0.3 is 14.9 Å². The summed E-state index contributed by atoms with van der Waals surface area (Å²) < 4.78 is 6.29. The van der Waals surface area contributed by atoms with E-state index in [1.54, 1.807) is 37.3 Å². The number of nitrogens with zero attached hydrogens (tertiary/aromatic N) is 2. The molecule has 0 bridgehead atoms. The lowest BCUT2D eigenvalue weighted by atomic mass is 10.0. The van der Waals surface area contributed by atoms with Crippen LogP contribution < -0.4 is 16.0 Å². The molecular weight excluding hydrogens is 398 g/mol. The van der Waals surface area contributed by atoms with E-state index in [2.05, 4.69) is 9.98 Å². The Morgan fingerprint density at radius 1 is 1.13 bits per heavy atom. The first-order valence-electron chi connectivity index (χ1n) is 9.62. The average Bonchev–Trinajstić information content (AvgIpc) is 3.07. The largest absolute Gasteiger partial charge is 0.495 e. The van der Waals surface area contributed by atoms with Crippen molar-refractivity contribution >= 4 is 23.0 Å². The number of aliphatic hydroxyl groups excluding tert-OH is 1. The quantitative estimate of drug-likeness (QED) is 0.601. The molecule has 0 radical (unpaired) electrons. The molecule has 1 aliphatic rings. The van der Waals surface area contributed by atoms with E-state index in [4.69, 9.17) is 9.84 Å². The molecule has 0 spiro atoms. The highest BCUT2D eigenvalue weighted by Crippen LogP contribution is 2.36. The molecule has 0 atom stereocenters. The van der Waals surface area contributed by atoms with Crippen LogP contribution in [0.4, 0.5) is 5.69 Å². The Kier molecular flexibility index (Phi) is 6.52. The highest BCUT2D eigenvalue weighted by molar-refractivity contribution is 6.31. The van der Waals surface area contributed by atoms with Gasteiger partial charge in [-0.2, -0.15) is 0 Å². The van der Waals surface area contributed by atoms with Gasteiger partial charge in [0, 0.05) is 23.5 Å². The van der Waals surface area contributed by atoms with Crippen molar-refractivity contribution < 1.29 is 14.9 Å². The van der Waals surface area contributed by atoms with Crippen LogP contribution in [0.3, 0.4) is 0 Å². The minimum absolute atomic E-state index is 0.0354. The van der Waals surface area contributed by atoms with Crippen molar-refractivity contribution in [2.24, 2.45) is 4.99 Å². The fourth-order valence-corrected chi connectivity index (χ4v) is 3.27. The number of rotatable bonds is 3. The van der Waals surface area contributed by atoms with Crippen LogP contribution in [0.15, 0.2) is 63.1 Å². The molecule has 0 saturated carbocycles. The van der Waals surface area contributed by atoms with Gasteiger partial charge in [-0.15, -0.1) is 0 Å². The van der Waals surface area contributed by atoms with E-state index in [0.717, 1.165) is 21.5 Å². The third-order valence-corrected chi connectivity index (χ3v) is 4.61. The predicted octanol–water partition coefficient (Wildman–Crippen LogP) is 2.89. The minimum atomic E-state index is -0.758.